The van der Waals surface area contributed by atoms with Crippen molar-refractivity contribution < 1.29 is 0 Å². The molecule has 1 saturated carbocycles. The minimum Gasteiger partial charge on any atom is -0.0848 e. The van der Waals surface area contributed by atoms with E-state index in [4.69, 9.17) is 0 Å². The first-order valence-electron chi connectivity index (χ1n) is 3.90. The first kappa shape index (κ1) is 5.52. The minimum absolute atomic E-state index is 0.588. The van der Waals surface area contributed by atoms with Crippen LogP contribution >= 0.6 is 0 Å². The van der Waals surface area contributed by atoms with E-state index in [2.05, 4.69) is 26.0 Å². The van der Waals surface area contributed by atoms with Gasteiger partial charge in [-0.25, -0.2) is 0 Å². The van der Waals surface area contributed by atoms with Crippen molar-refractivity contribution in [1.29, 1.82) is 0 Å². The first-order chi connectivity index (χ1) is 4.21. The van der Waals surface area contributed by atoms with E-state index >= 15 is 0 Å². The lowest BCUT2D eigenvalue weighted by Crippen LogP contribution is -2.14. The highest BCUT2D eigenvalue weighted by atomic mass is 14.5. The second kappa shape index (κ2) is 1.42. The van der Waals surface area contributed by atoms with Crippen LogP contribution in [0.15, 0.2) is 12.2 Å². The summed E-state index contributed by atoms with van der Waals surface area (Å²) in [5.41, 5.74) is 0.588. The predicted molar refractivity (Wildman–Crippen MR) is 39.1 cm³/mol. The van der Waals surface area contributed by atoms with Crippen LogP contribution in [0, 0.1) is 17.3 Å². The van der Waals surface area contributed by atoms with E-state index in [1.165, 1.54) is 12.8 Å². The minimum atomic E-state index is 0.588. The largest absolute Gasteiger partial charge is 0.0848 e. The van der Waals surface area contributed by atoms with Gasteiger partial charge < -0.3 is 0 Å². The molecule has 0 heterocycles. The molecule has 50 valence electrons. The molecule has 0 heteroatoms. The van der Waals surface area contributed by atoms with Crippen molar-refractivity contribution >= 4 is 0 Å². The van der Waals surface area contributed by atoms with E-state index < -0.39 is 0 Å². The molecule has 0 nitrogen and oxygen atoms in total. The van der Waals surface area contributed by atoms with Crippen molar-refractivity contribution in [3.8, 4) is 0 Å². The van der Waals surface area contributed by atoms with E-state index in [0.29, 0.717) is 5.41 Å². The van der Waals surface area contributed by atoms with Crippen LogP contribution in [0.2, 0.25) is 0 Å². The number of hydrogen-bond donors (Lipinski definition) is 0. The van der Waals surface area contributed by atoms with Gasteiger partial charge in [0.05, 0.1) is 0 Å². The molecule has 2 bridgehead atoms. The second-order valence-electron chi connectivity index (χ2n) is 3.97. The molecule has 3 atom stereocenters. The van der Waals surface area contributed by atoms with Crippen molar-refractivity contribution in [2.75, 3.05) is 0 Å². The van der Waals surface area contributed by atoms with Gasteiger partial charge in [0, 0.05) is 0 Å². The standard InChI is InChI=1S/C9H14/c1-7-5-8-3-4-9(7,2)6-8/h3-4,7-8H,5-6H2,1-2H3. The fourth-order valence-corrected chi connectivity index (χ4v) is 2.31. The summed E-state index contributed by atoms with van der Waals surface area (Å²) in [7, 11) is 0. The molecule has 0 radical (unpaired) electrons. The van der Waals surface area contributed by atoms with Crippen LogP contribution in [0.5, 0.6) is 0 Å². The quantitative estimate of drug-likeness (QED) is 0.433. The average Bonchev–Trinajstić information content (AvgIpc) is 2.22. The van der Waals surface area contributed by atoms with Gasteiger partial charge >= 0.3 is 0 Å². The van der Waals surface area contributed by atoms with Crippen LogP contribution in [-0.4, -0.2) is 0 Å². The SMILES string of the molecule is CC1CC2C=CC1(C)C2. The maximum absolute atomic E-state index is 2.42. The number of allylic oxidation sites excluding steroid dienone is 2. The van der Waals surface area contributed by atoms with E-state index in [0.717, 1.165) is 11.8 Å². The maximum atomic E-state index is 2.42. The molecule has 3 unspecified atom stereocenters. The maximum Gasteiger partial charge on any atom is -0.0115 e. The monoisotopic (exact) mass is 122 g/mol. The van der Waals surface area contributed by atoms with E-state index in [1.54, 1.807) is 0 Å². The van der Waals surface area contributed by atoms with Crippen LogP contribution in [0.1, 0.15) is 26.7 Å². The summed E-state index contributed by atoms with van der Waals surface area (Å²) >= 11 is 0. The van der Waals surface area contributed by atoms with E-state index in [1.807, 2.05) is 0 Å². The third kappa shape index (κ3) is 0.593. The summed E-state index contributed by atoms with van der Waals surface area (Å²) in [4.78, 5) is 0. The predicted octanol–water partition coefficient (Wildman–Crippen LogP) is 2.61. The Morgan fingerprint density at radius 2 is 2.33 bits per heavy atom. The fourth-order valence-electron chi connectivity index (χ4n) is 2.31. The molecule has 0 amide bonds. The molecule has 0 aromatic heterocycles. The molecule has 0 saturated heterocycles. The number of hydrogen-bond acceptors (Lipinski definition) is 0. The van der Waals surface area contributed by atoms with Gasteiger partial charge in [-0.2, -0.15) is 0 Å². The molecule has 0 aromatic carbocycles. The molecule has 2 rings (SSSR count). The Hall–Kier alpha value is -0.260. The van der Waals surface area contributed by atoms with Gasteiger partial charge in [0.15, 0.2) is 0 Å². The van der Waals surface area contributed by atoms with Crippen molar-refractivity contribution in [1.82, 2.24) is 0 Å². The molecule has 2 aliphatic carbocycles. The topological polar surface area (TPSA) is 0 Å². The van der Waals surface area contributed by atoms with Crippen LogP contribution in [0.4, 0.5) is 0 Å². The van der Waals surface area contributed by atoms with E-state index in [9.17, 15) is 0 Å². The lowest BCUT2D eigenvalue weighted by molar-refractivity contribution is 0.334. The van der Waals surface area contributed by atoms with Crippen molar-refractivity contribution in [3.05, 3.63) is 12.2 Å². The summed E-state index contributed by atoms with van der Waals surface area (Å²) in [5, 5.41) is 0. The Balaban J connectivity index is 2.33. The van der Waals surface area contributed by atoms with Gasteiger partial charge in [0.25, 0.3) is 0 Å². The number of rotatable bonds is 0. The summed E-state index contributed by atoms with van der Waals surface area (Å²) < 4.78 is 0. The molecule has 2 aliphatic rings. The van der Waals surface area contributed by atoms with Crippen molar-refractivity contribution in [3.63, 3.8) is 0 Å². The zero-order valence-corrected chi connectivity index (χ0v) is 6.22. The fraction of sp³-hybridized carbons (Fsp3) is 0.778. The van der Waals surface area contributed by atoms with Crippen molar-refractivity contribution in [2.24, 2.45) is 17.3 Å². The number of fused-ring (bicyclic) bond motifs is 2. The van der Waals surface area contributed by atoms with Gasteiger partial charge in [-0.1, -0.05) is 26.0 Å². The first-order valence-corrected chi connectivity index (χ1v) is 3.90. The van der Waals surface area contributed by atoms with Gasteiger partial charge in [-0.05, 0) is 30.1 Å². The highest BCUT2D eigenvalue weighted by molar-refractivity contribution is 5.16. The Morgan fingerprint density at radius 3 is 2.56 bits per heavy atom. The summed E-state index contributed by atoms with van der Waals surface area (Å²) in [5.74, 6) is 1.87. The highest BCUT2D eigenvalue weighted by Crippen LogP contribution is 2.52. The van der Waals surface area contributed by atoms with Crippen LogP contribution in [0.3, 0.4) is 0 Å². The zero-order valence-electron chi connectivity index (χ0n) is 6.22. The lowest BCUT2D eigenvalue weighted by Gasteiger charge is -2.23. The molecule has 0 aromatic rings. The Kier molecular flexibility index (Phi) is 0.870. The molecule has 0 aliphatic heterocycles. The molecule has 0 N–H and O–H groups in total. The van der Waals surface area contributed by atoms with Crippen LogP contribution in [-0.2, 0) is 0 Å². The smallest absolute Gasteiger partial charge is 0.0115 e. The van der Waals surface area contributed by atoms with Crippen molar-refractivity contribution in [2.45, 2.75) is 26.7 Å². The Labute approximate surface area is 57.0 Å². The van der Waals surface area contributed by atoms with Gasteiger partial charge in [0.1, 0.15) is 0 Å². The highest BCUT2D eigenvalue weighted by Gasteiger charge is 2.42. The average molecular weight is 122 g/mol. The normalized spacial score (nSPS) is 54.9. The molecular formula is C9H14. The van der Waals surface area contributed by atoms with Crippen LogP contribution in [0.25, 0.3) is 0 Å². The molecule has 0 spiro atoms. The Morgan fingerprint density at radius 1 is 1.56 bits per heavy atom. The summed E-state index contributed by atoms with van der Waals surface area (Å²) in [6, 6.07) is 0. The summed E-state index contributed by atoms with van der Waals surface area (Å²) in [6.45, 7) is 4.77. The zero-order chi connectivity index (χ0) is 6.48. The lowest BCUT2D eigenvalue weighted by atomic mass is 9.81. The Bertz CT molecular complexity index is 157. The summed E-state index contributed by atoms with van der Waals surface area (Å²) in [6.07, 6.45) is 7.69. The molecular weight excluding hydrogens is 108 g/mol. The third-order valence-electron chi connectivity index (χ3n) is 3.23. The molecule has 1 fully saturated rings. The second-order valence-corrected chi connectivity index (χ2v) is 3.97. The third-order valence-corrected chi connectivity index (χ3v) is 3.23. The van der Waals surface area contributed by atoms with Gasteiger partial charge in [-0.3, -0.25) is 0 Å². The van der Waals surface area contributed by atoms with Crippen LogP contribution < -0.4 is 0 Å². The van der Waals surface area contributed by atoms with E-state index in [-0.39, 0.29) is 0 Å². The molecule has 9 heavy (non-hydrogen) atoms. The van der Waals surface area contributed by atoms with Gasteiger partial charge in [-0.15, -0.1) is 0 Å². The van der Waals surface area contributed by atoms with Gasteiger partial charge in [0.2, 0.25) is 0 Å².